The number of carboxylic acids is 1. The van der Waals surface area contributed by atoms with Crippen molar-refractivity contribution in [1.82, 2.24) is 14.7 Å². The van der Waals surface area contributed by atoms with Crippen LogP contribution in [0.25, 0.3) is 5.65 Å². The van der Waals surface area contributed by atoms with E-state index in [-0.39, 0.29) is 5.92 Å². The number of carbonyl (C=O) groups is 1. The fourth-order valence-corrected chi connectivity index (χ4v) is 2.53. The number of imidazole rings is 1. The maximum atomic E-state index is 11.0. The molecule has 5 nitrogen and oxygen atoms in total. The summed E-state index contributed by atoms with van der Waals surface area (Å²) < 4.78 is 1.98. The van der Waals surface area contributed by atoms with Crippen molar-refractivity contribution >= 4 is 11.6 Å². The Kier molecular flexibility index (Phi) is 2.76. The molecule has 1 aliphatic rings. The molecule has 5 heteroatoms. The molecule has 0 saturated carbocycles. The van der Waals surface area contributed by atoms with Crippen molar-refractivity contribution < 1.29 is 9.90 Å². The first-order valence-corrected chi connectivity index (χ1v) is 6.14. The number of aromatic nitrogens is 2. The summed E-state index contributed by atoms with van der Waals surface area (Å²) in [5, 5.41) is 12.1. The molecule has 3 rings (SSSR count). The van der Waals surface area contributed by atoms with Crippen LogP contribution in [-0.2, 0) is 4.79 Å². The zero-order chi connectivity index (χ0) is 12.5. The first kappa shape index (κ1) is 11.2. The topological polar surface area (TPSA) is 66.6 Å². The van der Waals surface area contributed by atoms with Crippen molar-refractivity contribution in [2.45, 2.75) is 24.8 Å². The Morgan fingerprint density at radius 1 is 1.50 bits per heavy atom. The number of aliphatic carboxylic acids is 1. The zero-order valence-electron chi connectivity index (χ0n) is 9.91. The van der Waals surface area contributed by atoms with E-state index in [1.165, 1.54) is 0 Å². The van der Waals surface area contributed by atoms with Gasteiger partial charge in [-0.1, -0.05) is 6.07 Å². The van der Waals surface area contributed by atoms with Crippen LogP contribution in [0.4, 0.5) is 0 Å². The standard InChI is InChI=1S/C13H15N3O2/c17-13(18)10-7-9(4-5-14-10)11-8-16-6-2-1-3-12(16)15-11/h1-3,6,8-10,14H,4-5,7H2,(H,17,18). The van der Waals surface area contributed by atoms with Crippen LogP contribution in [0.5, 0.6) is 0 Å². The Balaban J connectivity index is 1.87. The first-order valence-electron chi connectivity index (χ1n) is 6.14. The van der Waals surface area contributed by atoms with Gasteiger partial charge in [0.05, 0.1) is 5.69 Å². The van der Waals surface area contributed by atoms with Crippen LogP contribution in [0.2, 0.25) is 0 Å². The van der Waals surface area contributed by atoms with Crippen molar-refractivity contribution in [1.29, 1.82) is 0 Å². The maximum absolute atomic E-state index is 11.0. The molecule has 2 unspecified atom stereocenters. The molecule has 1 fully saturated rings. The molecule has 1 saturated heterocycles. The quantitative estimate of drug-likeness (QED) is 0.835. The second kappa shape index (κ2) is 4.42. The molecule has 1 aliphatic heterocycles. The molecule has 18 heavy (non-hydrogen) atoms. The number of hydrogen-bond acceptors (Lipinski definition) is 3. The lowest BCUT2D eigenvalue weighted by atomic mass is 9.90. The van der Waals surface area contributed by atoms with Crippen molar-refractivity contribution in [3.8, 4) is 0 Å². The fourth-order valence-electron chi connectivity index (χ4n) is 2.53. The van der Waals surface area contributed by atoms with Crippen molar-refractivity contribution in [2.75, 3.05) is 6.54 Å². The van der Waals surface area contributed by atoms with Gasteiger partial charge in [-0.05, 0) is 31.5 Å². The van der Waals surface area contributed by atoms with Gasteiger partial charge in [-0.3, -0.25) is 4.79 Å². The summed E-state index contributed by atoms with van der Waals surface area (Å²) in [6.07, 6.45) is 5.51. The van der Waals surface area contributed by atoms with Gasteiger partial charge in [0.1, 0.15) is 11.7 Å². The summed E-state index contributed by atoms with van der Waals surface area (Å²) in [5.41, 5.74) is 1.91. The zero-order valence-corrected chi connectivity index (χ0v) is 9.91. The SMILES string of the molecule is O=C(O)C1CC(c2cn3ccccc3n2)CCN1. The van der Waals surface area contributed by atoms with Gasteiger partial charge in [0.25, 0.3) is 0 Å². The molecule has 3 heterocycles. The largest absolute Gasteiger partial charge is 0.480 e. The average Bonchev–Trinajstić information content (AvgIpc) is 2.82. The number of carboxylic acid groups (broad SMARTS) is 1. The first-order chi connectivity index (χ1) is 8.74. The third-order valence-corrected chi connectivity index (χ3v) is 3.50. The third-order valence-electron chi connectivity index (χ3n) is 3.50. The summed E-state index contributed by atoms with van der Waals surface area (Å²) in [6, 6.07) is 5.42. The highest BCUT2D eigenvalue weighted by atomic mass is 16.4. The van der Waals surface area contributed by atoms with Crippen LogP contribution in [0.15, 0.2) is 30.6 Å². The number of hydrogen-bond donors (Lipinski definition) is 2. The number of fused-ring (bicyclic) bond motifs is 1. The molecule has 2 aromatic rings. The van der Waals surface area contributed by atoms with E-state index < -0.39 is 12.0 Å². The summed E-state index contributed by atoms with van der Waals surface area (Å²) in [6.45, 7) is 0.732. The smallest absolute Gasteiger partial charge is 0.320 e. The minimum atomic E-state index is -0.775. The van der Waals surface area contributed by atoms with E-state index in [0.717, 1.165) is 24.3 Å². The monoisotopic (exact) mass is 245 g/mol. The van der Waals surface area contributed by atoms with Crippen LogP contribution < -0.4 is 5.32 Å². The lowest BCUT2D eigenvalue weighted by molar-refractivity contribution is -0.140. The molecular weight excluding hydrogens is 230 g/mol. The molecule has 2 N–H and O–H groups in total. The number of piperidine rings is 1. The highest BCUT2D eigenvalue weighted by Gasteiger charge is 2.28. The van der Waals surface area contributed by atoms with E-state index in [0.29, 0.717) is 6.42 Å². The summed E-state index contributed by atoms with van der Waals surface area (Å²) in [4.78, 5) is 15.6. The predicted molar refractivity (Wildman–Crippen MR) is 66.6 cm³/mol. The summed E-state index contributed by atoms with van der Waals surface area (Å²) in [7, 11) is 0. The van der Waals surface area contributed by atoms with E-state index in [9.17, 15) is 4.79 Å². The van der Waals surface area contributed by atoms with Gasteiger partial charge in [0, 0.05) is 18.3 Å². The maximum Gasteiger partial charge on any atom is 0.320 e. The van der Waals surface area contributed by atoms with Crippen molar-refractivity contribution in [3.63, 3.8) is 0 Å². The van der Waals surface area contributed by atoms with E-state index in [4.69, 9.17) is 5.11 Å². The molecule has 94 valence electrons. The predicted octanol–water partition coefficient (Wildman–Crippen LogP) is 1.25. The van der Waals surface area contributed by atoms with E-state index in [1.54, 1.807) is 0 Å². The Morgan fingerprint density at radius 2 is 2.39 bits per heavy atom. The van der Waals surface area contributed by atoms with Gasteiger partial charge < -0.3 is 14.8 Å². The average molecular weight is 245 g/mol. The second-order valence-corrected chi connectivity index (χ2v) is 4.70. The highest BCUT2D eigenvalue weighted by Crippen LogP contribution is 2.27. The number of pyridine rings is 1. The Bertz CT molecular complexity index is 545. The van der Waals surface area contributed by atoms with E-state index in [1.807, 2.05) is 35.0 Å². The molecule has 0 amide bonds. The summed E-state index contributed by atoms with van der Waals surface area (Å²) >= 11 is 0. The van der Waals surface area contributed by atoms with Gasteiger partial charge in [-0.15, -0.1) is 0 Å². The highest BCUT2D eigenvalue weighted by molar-refractivity contribution is 5.73. The van der Waals surface area contributed by atoms with Crippen molar-refractivity contribution in [2.24, 2.45) is 0 Å². The van der Waals surface area contributed by atoms with E-state index in [2.05, 4.69) is 10.3 Å². The van der Waals surface area contributed by atoms with Crippen LogP contribution in [0.1, 0.15) is 24.5 Å². The molecule has 0 bridgehead atoms. The van der Waals surface area contributed by atoms with Gasteiger partial charge in [-0.2, -0.15) is 0 Å². The Labute approximate surface area is 104 Å². The van der Waals surface area contributed by atoms with Gasteiger partial charge in [-0.25, -0.2) is 4.98 Å². The van der Waals surface area contributed by atoms with Crippen LogP contribution >= 0.6 is 0 Å². The van der Waals surface area contributed by atoms with Gasteiger partial charge in [0.15, 0.2) is 0 Å². The summed E-state index contributed by atoms with van der Waals surface area (Å²) in [5.74, 6) is -0.546. The lowest BCUT2D eigenvalue weighted by Gasteiger charge is -2.26. The second-order valence-electron chi connectivity index (χ2n) is 4.70. The lowest BCUT2D eigenvalue weighted by Crippen LogP contribution is -2.42. The molecular formula is C13H15N3O2. The molecule has 0 spiro atoms. The number of nitrogens with one attached hydrogen (secondary N) is 1. The minimum Gasteiger partial charge on any atom is -0.480 e. The molecule has 0 radical (unpaired) electrons. The van der Waals surface area contributed by atoms with Gasteiger partial charge in [0.2, 0.25) is 0 Å². The van der Waals surface area contributed by atoms with Crippen LogP contribution in [-0.4, -0.2) is 33.0 Å². The molecule has 2 atom stereocenters. The van der Waals surface area contributed by atoms with Crippen LogP contribution in [0.3, 0.4) is 0 Å². The fraction of sp³-hybridized carbons (Fsp3) is 0.385. The molecule has 0 aromatic carbocycles. The number of rotatable bonds is 2. The molecule has 0 aliphatic carbocycles. The Hall–Kier alpha value is -1.88. The van der Waals surface area contributed by atoms with Crippen molar-refractivity contribution in [3.05, 3.63) is 36.3 Å². The molecule has 2 aromatic heterocycles. The van der Waals surface area contributed by atoms with E-state index >= 15 is 0 Å². The minimum absolute atomic E-state index is 0.229. The normalized spacial score (nSPS) is 24.2. The van der Waals surface area contributed by atoms with Crippen LogP contribution in [0, 0.1) is 0 Å². The Morgan fingerprint density at radius 3 is 3.17 bits per heavy atom. The van der Waals surface area contributed by atoms with Gasteiger partial charge >= 0.3 is 5.97 Å². The third kappa shape index (κ3) is 1.97. The number of nitrogens with zero attached hydrogens (tertiary/aromatic N) is 2.